The predicted molar refractivity (Wildman–Crippen MR) is 91.8 cm³/mol. The fourth-order valence-corrected chi connectivity index (χ4v) is 3.40. The number of ether oxygens (including phenoxy) is 1. The zero-order valence-electron chi connectivity index (χ0n) is 15.0. The Hall–Kier alpha value is -2.02. The highest BCUT2D eigenvalue weighted by molar-refractivity contribution is 5.85. The first-order valence-corrected chi connectivity index (χ1v) is 9.02. The molecule has 136 valence electrons. The minimum atomic E-state index is -0.309. The highest BCUT2D eigenvalue weighted by atomic mass is 16.5. The fourth-order valence-electron chi connectivity index (χ4n) is 3.40. The first-order valence-electron chi connectivity index (χ1n) is 9.02. The number of rotatable bonds is 3. The largest absolute Gasteiger partial charge is 0.367 e. The lowest BCUT2D eigenvalue weighted by atomic mass is 10.2. The van der Waals surface area contributed by atoms with Crippen LogP contribution in [0, 0.1) is 13.8 Å². The van der Waals surface area contributed by atoms with E-state index in [1.165, 1.54) is 0 Å². The number of aryl methyl sites for hydroxylation is 2. The van der Waals surface area contributed by atoms with Crippen LogP contribution in [0.5, 0.6) is 0 Å². The number of hydrogen-bond acceptors (Lipinski definition) is 5. The summed E-state index contributed by atoms with van der Waals surface area (Å²) in [7, 11) is 0. The standard InChI is InChI=1S/C18H26N4O3/c1-13-10-14(2)20-18(19-13)15-11-22(8-9-25-15)17(24)12-21-7-5-3-4-6-16(21)23/h10,15H,3-9,11-12H2,1-2H3/t15-/m0/s1. The van der Waals surface area contributed by atoms with Crippen LogP contribution in [0.15, 0.2) is 6.07 Å². The van der Waals surface area contributed by atoms with E-state index in [9.17, 15) is 9.59 Å². The average molecular weight is 346 g/mol. The third-order valence-corrected chi connectivity index (χ3v) is 4.70. The van der Waals surface area contributed by atoms with Crippen LogP contribution in [0.2, 0.25) is 0 Å². The molecule has 0 saturated carbocycles. The van der Waals surface area contributed by atoms with Gasteiger partial charge in [-0.2, -0.15) is 0 Å². The second-order valence-corrected chi connectivity index (χ2v) is 6.83. The molecule has 2 amide bonds. The van der Waals surface area contributed by atoms with Crippen LogP contribution in [0.1, 0.15) is 49.0 Å². The van der Waals surface area contributed by atoms with E-state index in [0.29, 0.717) is 38.5 Å². The lowest BCUT2D eigenvalue weighted by Gasteiger charge is -2.33. The molecule has 0 radical (unpaired) electrons. The van der Waals surface area contributed by atoms with E-state index in [0.717, 1.165) is 30.7 Å². The second-order valence-electron chi connectivity index (χ2n) is 6.83. The van der Waals surface area contributed by atoms with Gasteiger partial charge in [0.25, 0.3) is 0 Å². The molecule has 0 aliphatic carbocycles. The van der Waals surface area contributed by atoms with E-state index >= 15 is 0 Å². The van der Waals surface area contributed by atoms with Crippen LogP contribution in [0.3, 0.4) is 0 Å². The Kier molecular flexibility index (Phi) is 5.63. The monoisotopic (exact) mass is 346 g/mol. The number of likely N-dealkylation sites (tertiary alicyclic amines) is 1. The van der Waals surface area contributed by atoms with Crippen molar-refractivity contribution in [3.63, 3.8) is 0 Å². The number of carbonyl (C=O) groups excluding carboxylic acids is 2. The third-order valence-electron chi connectivity index (χ3n) is 4.70. The van der Waals surface area contributed by atoms with Crippen molar-refractivity contribution in [3.05, 3.63) is 23.3 Å². The number of carbonyl (C=O) groups is 2. The highest BCUT2D eigenvalue weighted by Gasteiger charge is 2.29. The summed E-state index contributed by atoms with van der Waals surface area (Å²) < 4.78 is 5.79. The van der Waals surface area contributed by atoms with E-state index in [2.05, 4.69) is 9.97 Å². The van der Waals surface area contributed by atoms with Crippen molar-refractivity contribution >= 4 is 11.8 Å². The van der Waals surface area contributed by atoms with Gasteiger partial charge < -0.3 is 14.5 Å². The van der Waals surface area contributed by atoms with Crippen LogP contribution in [0.25, 0.3) is 0 Å². The Morgan fingerprint density at radius 2 is 1.96 bits per heavy atom. The fraction of sp³-hybridized carbons (Fsp3) is 0.667. The summed E-state index contributed by atoms with van der Waals surface area (Å²) in [6.07, 6.45) is 3.19. The maximum Gasteiger partial charge on any atom is 0.242 e. The zero-order chi connectivity index (χ0) is 17.8. The maximum absolute atomic E-state index is 12.7. The molecule has 7 nitrogen and oxygen atoms in total. The zero-order valence-corrected chi connectivity index (χ0v) is 15.0. The summed E-state index contributed by atoms with van der Waals surface area (Å²) in [5, 5.41) is 0. The summed E-state index contributed by atoms with van der Waals surface area (Å²) in [4.78, 5) is 37.2. The summed E-state index contributed by atoms with van der Waals surface area (Å²) in [6, 6.07) is 1.92. The molecule has 0 unspecified atom stereocenters. The molecule has 3 heterocycles. The van der Waals surface area contributed by atoms with Crippen LogP contribution in [-0.4, -0.2) is 64.4 Å². The van der Waals surface area contributed by atoms with Crippen molar-refractivity contribution < 1.29 is 14.3 Å². The summed E-state index contributed by atoms with van der Waals surface area (Å²) in [5.41, 5.74) is 1.79. The number of aromatic nitrogens is 2. The predicted octanol–water partition coefficient (Wildman–Crippen LogP) is 1.40. The first kappa shape index (κ1) is 17.8. The Labute approximate surface area is 148 Å². The summed E-state index contributed by atoms with van der Waals surface area (Å²) >= 11 is 0. The molecular formula is C18H26N4O3. The Bertz CT molecular complexity index is 629. The van der Waals surface area contributed by atoms with Gasteiger partial charge in [0.15, 0.2) is 5.82 Å². The van der Waals surface area contributed by atoms with Crippen LogP contribution in [-0.2, 0) is 14.3 Å². The van der Waals surface area contributed by atoms with Crippen molar-refractivity contribution in [2.24, 2.45) is 0 Å². The summed E-state index contributed by atoms with van der Waals surface area (Å²) in [5.74, 6) is 0.696. The van der Waals surface area contributed by atoms with E-state index < -0.39 is 0 Å². The molecule has 2 saturated heterocycles. The van der Waals surface area contributed by atoms with Gasteiger partial charge in [-0.1, -0.05) is 6.42 Å². The molecular weight excluding hydrogens is 320 g/mol. The summed E-state index contributed by atoms with van der Waals surface area (Å²) in [6.45, 7) is 6.13. The molecule has 0 spiro atoms. The van der Waals surface area contributed by atoms with Gasteiger partial charge in [-0.15, -0.1) is 0 Å². The molecule has 3 rings (SSSR count). The average Bonchev–Trinajstić information content (AvgIpc) is 2.79. The Morgan fingerprint density at radius 3 is 2.72 bits per heavy atom. The molecule has 0 bridgehead atoms. The smallest absolute Gasteiger partial charge is 0.242 e. The lowest BCUT2D eigenvalue weighted by Crippen LogP contribution is -2.48. The number of nitrogens with zero attached hydrogens (tertiary/aromatic N) is 4. The van der Waals surface area contributed by atoms with Crippen molar-refractivity contribution in [1.29, 1.82) is 0 Å². The highest BCUT2D eigenvalue weighted by Crippen LogP contribution is 2.20. The topological polar surface area (TPSA) is 75.6 Å². The van der Waals surface area contributed by atoms with Crippen molar-refractivity contribution in [1.82, 2.24) is 19.8 Å². The molecule has 2 aliphatic rings. The molecule has 2 fully saturated rings. The third kappa shape index (κ3) is 4.54. The van der Waals surface area contributed by atoms with E-state index in [1.807, 2.05) is 19.9 Å². The van der Waals surface area contributed by atoms with Gasteiger partial charge in [0, 0.05) is 30.9 Å². The van der Waals surface area contributed by atoms with E-state index in [-0.39, 0.29) is 24.5 Å². The first-order chi connectivity index (χ1) is 12.0. The van der Waals surface area contributed by atoms with Crippen LogP contribution in [0.4, 0.5) is 0 Å². The molecule has 1 aromatic heterocycles. The van der Waals surface area contributed by atoms with Gasteiger partial charge >= 0.3 is 0 Å². The number of hydrogen-bond donors (Lipinski definition) is 0. The van der Waals surface area contributed by atoms with Crippen LogP contribution < -0.4 is 0 Å². The van der Waals surface area contributed by atoms with Crippen molar-refractivity contribution in [2.75, 3.05) is 32.8 Å². The Balaban J connectivity index is 1.64. The van der Waals surface area contributed by atoms with Gasteiger partial charge in [-0.05, 0) is 32.8 Å². The van der Waals surface area contributed by atoms with Crippen molar-refractivity contribution in [2.45, 2.75) is 45.6 Å². The molecule has 1 atom stereocenters. The van der Waals surface area contributed by atoms with Gasteiger partial charge in [0.05, 0.1) is 19.7 Å². The minimum Gasteiger partial charge on any atom is -0.367 e. The van der Waals surface area contributed by atoms with Gasteiger partial charge in [-0.3, -0.25) is 9.59 Å². The van der Waals surface area contributed by atoms with Crippen LogP contribution >= 0.6 is 0 Å². The second kappa shape index (κ2) is 7.91. The van der Waals surface area contributed by atoms with Gasteiger partial charge in [-0.25, -0.2) is 9.97 Å². The van der Waals surface area contributed by atoms with Gasteiger partial charge in [0.1, 0.15) is 6.10 Å². The quantitative estimate of drug-likeness (QED) is 0.827. The minimum absolute atomic E-state index is 0.0204. The normalized spacial score (nSPS) is 22.0. The lowest BCUT2D eigenvalue weighted by molar-refractivity contribution is -0.145. The number of amides is 2. The maximum atomic E-state index is 12.7. The molecule has 7 heteroatoms. The Morgan fingerprint density at radius 1 is 1.20 bits per heavy atom. The molecule has 0 N–H and O–H groups in total. The molecule has 0 aromatic carbocycles. The van der Waals surface area contributed by atoms with E-state index in [4.69, 9.17) is 4.74 Å². The number of morpholine rings is 1. The molecule has 25 heavy (non-hydrogen) atoms. The molecule has 2 aliphatic heterocycles. The van der Waals surface area contributed by atoms with E-state index in [1.54, 1.807) is 9.80 Å². The SMILES string of the molecule is Cc1cc(C)nc([C@@H]2CN(C(=O)CN3CCCCCC3=O)CCO2)n1. The van der Waals surface area contributed by atoms with Gasteiger partial charge in [0.2, 0.25) is 11.8 Å². The molecule has 1 aromatic rings. The van der Waals surface area contributed by atoms with Crippen molar-refractivity contribution in [3.8, 4) is 0 Å².